The number of benzene rings is 1. The molecule has 2 aromatic heterocycles. The van der Waals surface area contributed by atoms with Gasteiger partial charge in [-0.15, -0.1) is 0 Å². The first-order chi connectivity index (χ1) is 9.25. The highest BCUT2D eigenvalue weighted by molar-refractivity contribution is 6.06. The van der Waals surface area contributed by atoms with Gasteiger partial charge in [-0.1, -0.05) is 18.2 Å². The van der Waals surface area contributed by atoms with Crippen LogP contribution in [0.15, 0.2) is 42.9 Å². The fourth-order valence-electron chi connectivity index (χ4n) is 2.11. The van der Waals surface area contributed by atoms with Crippen molar-refractivity contribution in [2.24, 2.45) is 0 Å². The van der Waals surface area contributed by atoms with E-state index in [4.69, 9.17) is 0 Å². The summed E-state index contributed by atoms with van der Waals surface area (Å²) in [5, 5.41) is 10.5. The van der Waals surface area contributed by atoms with Gasteiger partial charge < -0.3 is 10.3 Å². The topological polar surface area (TPSA) is 73.6 Å². The van der Waals surface area contributed by atoms with Gasteiger partial charge in [-0.3, -0.25) is 9.89 Å². The number of carbonyl (C=O) groups excluding carboxylic acids is 1. The highest BCUT2D eigenvalue weighted by Gasteiger charge is 2.15. The van der Waals surface area contributed by atoms with E-state index in [1.54, 1.807) is 18.6 Å². The summed E-state index contributed by atoms with van der Waals surface area (Å²) in [6, 6.07) is 7.66. The van der Waals surface area contributed by atoms with Gasteiger partial charge in [0.2, 0.25) is 0 Å². The molecule has 3 aromatic rings. The molecule has 3 N–H and O–H groups in total. The summed E-state index contributed by atoms with van der Waals surface area (Å²) < 4.78 is 0. The van der Waals surface area contributed by atoms with E-state index in [-0.39, 0.29) is 11.9 Å². The van der Waals surface area contributed by atoms with Crippen LogP contribution in [-0.2, 0) is 0 Å². The molecule has 0 saturated heterocycles. The lowest BCUT2D eigenvalue weighted by atomic mass is 10.1. The van der Waals surface area contributed by atoms with Gasteiger partial charge in [0.1, 0.15) is 0 Å². The summed E-state index contributed by atoms with van der Waals surface area (Å²) >= 11 is 0. The number of amides is 1. The van der Waals surface area contributed by atoms with Gasteiger partial charge in [0.25, 0.3) is 5.91 Å². The zero-order valence-electron chi connectivity index (χ0n) is 10.5. The molecule has 0 saturated carbocycles. The van der Waals surface area contributed by atoms with Crippen molar-refractivity contribution >= 4 is 16.8 Å². The quantitative estimate of drug-likeness (QED) is 0.671. The summed E-state index contributed by atoms with van der Waals surface area (Å²) in [5.41, 5.74) is 2.57. The predicted molar refractivity (Wildman–Crippen MR) is 72.8 cm³/mol. The SMILES string of the molecule is CC(NC(=O)c1c[nH]c2ccccc12)c1cn[nH]c1. The third-order valence-electron chi connectivity index (χ3n) is 3.20. The van der Waals surface area contributed by atoms with E-state index >= 15 is 0 Å². The van der Waals surface area contributed by atoms with Gasteiger partial charge >= 0.3 is 0 Å². The molecule has 1 aromatic carbocycles. The number of hydrogen-bond acceptors (Lipinski definition) is 2. The van der Waals surface area contributed by atoms with Crippen LogP contribution in [0.25, 0.3) is 10.9 Å². The number of rotatable bonds is 3. The number of hydrogen-bond donors (Lipinski definition) is 3. The first-order valence-corrected chi connectivity index (χ1v) is 6.11. The molecule has 5 heteroatoms. The molecule has 1 atom stereocenters. The van der Waals surface area contributed by atoms with Crippen LogP contribution >= 0.6 is 0 Å². The molecular formula is C14H14N4O. The zero-order valence-corrected chi connectivity index (χ0v) is 10.5. The second kappa shape index (κ2) is 4.61. The molecular weight excluding hydrogens is 240 g/mol. The van der Waals surface area contributed by atoms with Crippen LogP contribution < -0.4 is 5.32 Å². The van der Waals surface area contributed by atoms with Gasteiger partial charge in [-0.05, 0) is 13.0 Å². The highest BCUT2D eigenvalue weighted by atomic mass is 16.1. The summed E-state index contributed by atoms with van der Waals surface area (Å²) in [5.74, 6) is -0.0915. The number of nitrogens with one attached hydrogen (secondary N) is 3. The number of fused-ring (bicyclic) bond motifs is 1. The largest absolute Gasteiger partial charge is 0.360 e. The number of para-hydroxylation sites is 1. The van der Waals surface area contributed by atoms with Crippen molar-refractivity contribution in [1.29, 1.82) is 0 Å². The summed E-state index contributed by atoms with van der Waals surface area (Å²) in [6.07, 6.45) is 5.22. The molecule has 0 bridgehead atoms. The maximum Gasteiger partial charge on any atom is 0.253 e. The van der Waals surface area contributed by atoms with Crippen molar-refractivity contribution in [1.82, 2.24) is 20.5 Å². The third kappa shape index (κ3) is 2.10. The molecule has 0 aliphatic heterocycles. The second-order valence-corrected chi connectivity index (χ2v) is 4.47. The molecule has 5 nitrogen and oxygen atoms in total. The summed E-state index contributed by atoms with van der Waals surface area (Å²) in [6.45, 7) is 1.93. The van der Waals surface area contributed by atoms with Crippen molar-refractivity contribution < 1.29 is 4.79 Å². The van der Waals surface area contributed by atoms with E-state index in [1.165, 1.54) is 0 Å². The smallest absolute Gasteiger partial charge is 0.253 e. The van der Waals surface area contributed by atoms with Gasteiger partial charge in [0.15, 0.2) is 0 Å². The van der Waals surface area contributed by atoms with Crippen LogP contribution in [-0.4, -0.2) is 21.1 Å². The van der Waals surface area contributed by atoms with Crippen LogP contribution in [0.1, 0.15) is 28.9 Å². The maximum atomic E-state index is 12.3. The number of carbonyl (C=O) groups is 1. The van der Waals surface area contributed by atoms with Gasteiger partial charge in [-0.25, -0.2) is 0 Å². The molecule has 1 unspecified atom stereocenters. The summed E-state index contributed by atoms with van der Waals surface area (Å²) in [7, 11) is 0. The van der Waals surface area contributed by atoms with Crippen molar-refractivity contribution in [3.05, 3.63) is 54.0 Å². The zero-order chi connectivity index (χ0) is 13.2. The molecule has 96 valence electrons. The lowest BCUT2D eigenvalue weighted by Gasteiger charge is -2.11. The monoisotopic (exact) mass is 254 g/mol. The molecule has 0 fully saturated rings. The predicted octanol–water partition coefficient (Wildman–Crippen LogP) is 2.38. The van der Waals surface area contributed by atoms with E-state index in [0.29, 0.717) is 5.56 Å². The molecule has 1 amide bonds. The first kappa shape index (κ1) is 11.5. The molecule has 0 aliphatic carbocycles. The van der Waals surface area contributed by atoms with Crippen molar-refractivity contribution in [2.45, 2.75) is 13.0 Å². The van der Waals surface area contributed by atoms with Crippen LogP contribution in [0.5, 0.6) is 0 Å². The van der Waals surface area contributed by atoms with E-state index in [2.05, 4.69) is 20.5 Å². The summed E-state index contributed by atoms with van der Waals surface area (Å²) in [4.78, 5) is 15.4. The van der Waals surface area contributed by atoms with Gasteiger partial charge in [0, 0.05) is 28.9 Å². The minimum Gasteiger partial charge on any atom is -0.360 e. The molecule has 0 radical (unpaired) electrons. The maximum absolute atomic E-state index is 12.3. The fraction of sp³-hybridized carbons (Fsp3) is 0.143. The second-order valence-electron chi connectivity index (χ2n) is 4.47. The van der Waals surface area contributed by atoms with Crippen molar-refractivity contribution in [2.75, 3.05) is 0 Å². The Labute approximate surface area is 110 Å². The Morgan fingerprint density at radius 1 is 1.32 bits per heavy atom. The molecule has 0 spiro atoms. The molecule has 0 aliphatic rings. The minimum absolute atomic E-state index is 0.0834. The Morgan fingerprint density at radius 3 is 2.95 bits per heavy atom. The Hall–Kier alpha value is -2.56. The molecule has 3 rings (SSSR count). The van der Waals surface area contributed by atoms with Crippen LogP contribution in [0.3, 0.4) is 0 Å². The Kier molecular flexibility index (Phi) is 2.79. The van der Waals surface area contributed by atoms with Gasteiger partial charge in [-0.2, -0.15) is 5.10 Å². The minimum atomic E-state index is -0.0915. The Bertz CT molecular complexity index is 699. The van der Waals surface area contributed by atoms with Crippen molar-refractivity contribution in [3.63, 3.8) is 0 Å². The van der Waals surface area contributed by atoms with Gasteiger partial charge in [0.05, 0.1) is 17.8 Å². The average molecular weight is 254 g/mol. The first-order valence-electron chi connectivity index (χ1n) is 6.11. The standard InChI is InChI=1S/C14H14N4O/c1-9(10-6-16-17-7-10)18-14(19)12-8-15-13-5-3-2-4-11(12)13/h2-9,15H,1H3,(H,16,17)(H,18,19). The molecule has 19 heavy (non-hydrogen) atoms. The number of aromatic nitrogens is 3. The lowest BCUT2D eigenvalue weighted by Crippen LogP contribution is -2.26. The molecule has 2 heterocycles. The average Bonchev–Trinajstić information content (AvgIpc) is 3.08. The lowest BCUT2D eigenvalue weighted by molar-refractivity contribution is 0.0941. The number of aromatic amines is 2. The normalized spacial score (nSPS) is 12.5. The Balaban J connectivity index is 1.84. The highest BCUT2D eigenvalue weighted by Crippen LogP contribution is 2.19. The number of H-pyrrole nitrogens is 2. The Morgan fingerprint density at radius 2 is 2.16 bits per heavy atom. The fourth-order valence-corrected chi connectivity index (χ4v) is 2.11. The van der Waals surface area contributed by atoms with E-state index in [1.807, 2.05) is 31.2 Å². The van der Waals surface area contributed by atoms with Crippen molar-refractivity contribution in [3.8, 4) is 0 Å². The van der Waals surface area contributed by atoms with E-state index in [9.17, 15) is 4.79 Å². The van der Waals surface area contributed by atoms with E-state index in [0.717, 1.165) is 16.5 Å². The third-order valence-corrected chi connectivity index (χ3v) is 3.20. The van der Waals surface area contributed by atoms with Crippen LogP contribution in [0, 0.1) is 0 Å². The van der Waals surface area contributed by atoms with E-state index < -0.39 is 0 Å². The number of nitrogens with zero attached hydrogens (tertiary/aromatic N) is 1. The van der Waals surface area contributed by atoms with Crippen LogP contribution in [0.2, 0.25) is 0 Å². The van der Waals surface area contributed by atoms with Crippen LogP contribution in [0.4, 0.5) is 0 Å².